The number of hydrogen-bond acceptors (Lipinski definition) is 5. The van der Waals surface area contributed by atoms with E-state index in [0.29, 0.717) is 30.9 Å². The van der Waals surface area contributed by atoms with Crippen LogP contribution in [-0.4, -0.2) is 34.7 Å². The first kappa shape index (κ1) is 19.7. The first-order valence-electron chi connectivity index (χ1n) is 9.22. The zero-order valence-electron chi connectivity index (χ0n) is 17.0. The van der Waals surface area contributed by atoms with E-state index in [9.17, 15) is 4.79 Å². The molecule has 2 aromatic heterocycles. The molecule has 0 bridgehead atoms. The number of aryl methyl sites for hydroxylation is 3. The fourth-order valence-corrected chi connectivity index (χ4v) is 3.30. The number of nitrogens with zero attached hydrogens (tertiary/aromatic N) is 3. The molecule has 2 heterocycles. The molecule has 0 radical (unpaired) electrons. The summed E-state index contributed by atoms with van der Waals surface area (Å²) in [5, 5.41) is 7.44. The number of carbonyl (C=O) groups excluding carboxylic acids is 1. The number of rotatable bonds is 7. The number of benzene rings is 1. The van der Waals surface area contributed by atoms with Gasteiger partial charge in [-0.15, -0.1) is 0 Å². The molecule has 148 valence electrons. The Morgan fingerprint density at radius 2 is 1.75 bits per heavy atom. The molecule has 0 spiro atoms. The molecular formula is C21H26N4O3. The summed E-state index contributed by atoms with van der Waals surface area (Å²) < 4.78 is 12.4. The van der Waals surface area contributed by atoms with E-state index in [-0.39, 0.29) is 5.91 Å². The van der Waals surface area contributed by atoms with Crippen LogP contribution in [0.3, 0.4) is 0 Å². The smallest absolute Gasteiger partial charge is 0.220 e. The van der Waals surface area contributed by atoms with Gasteiger partial charge in [-0.3, -0.25) is 4.79 Å². The summed E-state index contributed by atoms with van der Waals surface area (Å²) >= 11 is 0. The summed E-state index contributed by atoms with van der Waals surface area (Å²) in [6.07, 6.45) is 1.00. The van der Waals surface area contributed by atoms with Crippen LogP contribution in [0.1, 0.15) is 34.6 Å². The van der Waals surface area contributed by atoms with Crippen LogP contribution < -0.4 is 14.8 Å². The average molecular weight is 382 g/mol. The third-order valence-electron chi connectivity index (χ3n) is 4.79. The molecule has 0 atom stereocenters. The SMILES string of the molecule is COc1cc(CNC(=O)CCc2c(C)nc3cc(C)nn3c2C)cc(OC)c1. The quantitative estimate of drug-likeness (QED) is 0.680. The van der Waals surface area contributed by atoms with E-state index >= 15 is 0 Å². The predicted molar refractivity (Wildman–Crippen MR) is 107 cm³/mol. The van der Waals surface area contributed by atoms with Crippen LogP contribution in [0.25, 0.3) is 5.65 Å². The maximum absolute atomic E-state index is 12.4. The third kappa shape index (κ3) is 4.24. The van der Waals surface area contributed by atoms with E-state index in [1.807, 2.05) is 43.5 Å². The molecule has 1 amide bonds. The molecule has 0 fully saturated rings. The Labute approximate surface area is 164 Å². The van der Waals surface area contributed by atoms with Gasteiger partial charge in [0.1, 0.15) is 11.5 Å². The molecule has 3 aromatic rings. The van der Waals surface area contributed by atoms with Crippen molar-refractivity contribution >= 4 is 11.6 Å². The van der Waals surface area contributed by atoms with Gasteiger partial charge in [-0.2, -0.15) is 5.10 Å². The number of aromatic nitrogens is 3. The molecule has 0 aliphatic rings. The summed E-state index contributed by atoms with van der Waals surface area (Å²) in [7, 11) is 3.21. The van der Waals surface area contributed by atoms with Gasteiger partial charge in [-0.25, -0.2) is 9.50 Å². The highest BCUT2D eigenvalue weighted by atomic mass is 16.5. The van der Waals surface area contributed by atoms with Crippen LogP contribution >= 0.6 is 0 Å². The van der Waals surface area contributed by atoms with E-state index in [0.717, 1.165) is 33.9 Å². The minimum Gasteiger partial charge on any atom is -0.497 e. The highest BCUT2D eigenvalue weighted by molar-refractivity contribution is 5.76. The Bertz CT molecular complexity index is 988. The fourth-order valence-electron chi connectivity index (χ4n) is 3.30. The van der Waals surface area contributed by atoms with Crippen molar-refractivity contribution in [1.82, 2.24) is 19.9 Å². The van der Waals surface area contributed by atoms with E-state index in [1.165, 1.54) is 0 Å². The van der Waals surface area contributed by atoms with Gasteiger partial charge in [0.15, 0.2) is 5.65 Å². The van der Waals surface area contributed by atoms with Gasteiger partial charge in [0.05, 0.1) is 19.9 Å². The van der Waals surface area contributed by atoms with E-state index in [1.54, 1.807) is 20.3 Å². The molecule has 7 nitrogen and oxygen atoms in total. The first-order chi connectivity index (χ1) is 13.4. The molecule has 0 aliphatic carbocycles. The van der Waals surface area contributed by atoms with Gasteiger partial charge in [-0.1, -0.05) is 0 Å². The minimum atomic E-state index is -0.0164. The monoisotopic (exact) mass is 382 g/mol. The van der Waals surface area contributed by atoms with E-state index in [4.69, 9.17) is 9.47 Å². The third-order valence-corrected chi connectivity index (χ3v) is 4.79. The van der Waals surface area contributed by atoms with Crippen molar-refractivity contribution in [1.29, 1.82) is 0 Å². The zero-order chi connectivity index (χ0) is 20.3. The lowest BCUT2D eigenvalue weighted by Gasteiger charge is -2.12. The standard InChI is InChI=1S/C21H26N4O3/c1-13-8-20-23-14(2)19(15(3)25(20)24-13)6-7-21(26)22-12-16-9-17(27-4)11-18(10-16)28-5/h8-11H,6-7,12H2,1-5H3,(H,22,26). The van der Waals surface area contributed by atoms with Crippen molar-refractivity contribution in [2.45, 2.75) is 40.2 Å². The van der Waals surface area contributed by atoms with Crippen molar-refractivity contribution < 1.29 is 14.3 Å². The van der Waals surface area contributed by atoms with Crippen molar-refractivity contribution in [3.05, 3.63) is 52.5 Å². The van der Waals surface area contributed by atoms with Gasteiger partial charge in [-0.05, 0) is 50.5 Å². The number of hydrogen-bond donors (Lipinski definition) is 1. The van der Waals surface area contributed by atoms with Crippen molar-refractivity contribution in [3.63, 3.8) is 0 Å². The topological polar surface area (TPSA) is 77.8 Å². The second-order valence-electron chi connectivity index (χ2n) is 6.81. The molecule has 0 saturated heterocycles. The van der Waals surface area contributed by atoms with Gasteiger partial charge < -0.3 is 14.8 Å². The predicted octanol–water partition coefficient (Wildman–Crippen LogP) is 2.92. The van der Waals surface area contributed by atoms with Gasteiger partial charge in [0.25, 0.3) is 0 Å². The van der Waals surface area contributed by atoms with Gasteiger partial charge in [0.2, 0.25) is 5.91 Å². The number of methoxy groups -OCH3 is 2. The summed E-state index contributed by atoms with van der Waals surface area (Å²) in [6, 6.07) is 7.53. The Balaban J connectivity index is 1.64. The molecule has 0 unspecified atom stereocenters. The lowest BCUT2D eigenvalue weighted by Crippen LogP contribution is -2.23. The van der Waals surface area contributed by atoms with Crippen LogP contribution in [0.5, 0.6) is 11.5 Å². The molecular weight excluding hydrogens is 356 g/mol. The summed E-state index contributed by atoms with van der Waals surface area (Å²) in [5.74, 6) is 1.38. The highest BCUT2D eigenvalue weighted by Gasteiger charge is 2.13. The number of carbonyl (C=O) groups is 1. The van der Waals surface area contributed by atoms with E-state index < -0.39 is 0 Å². The largest absolute Gasteiger partial charge is 0.497 e. The highest BCUT2D eigenvalue weighted by Crippen LogP contribution is 2.22. The molecule has 0 saturated carbocycles. The summed E-state index contributed by atoms with van der Waals surface area (Å²) in [6.45, 7) is 6.36. The number of ether oxygens (including phenoxy) is 2. The molecule has 1 aromatic carbocycles. The Kier molecular flexibility index (Phi) is 5.82. The first-order valence-corrected chi connectivity index (χ1v) is 9.22. The Morgan fingerprint density at radius 1 is 1.07 bits per heavy atom. The van der Waals surface area contributed by atoms with E-state index in [2.05, 4.69) is 15.4 Å². The fraction of sp³-hybridized carbons (Fsp3) is 0.381. The summed E-state index contributed by atoms with van der Waals surface area (Å²) in [4.78, 5) is 17.0. The molecule has 3 rings (SSSR count). The maximum atomic E-state index is 12.4. The second-order valence-corrected chi connectivity index (χ2v) is 6.81. The normalized spacial score (nSPS) is 10.9. The van der Waals surface area contributed by atoms with Crippen LogP contribution in [0.2, 0.25) is 0 Å². The molecule has 7 heteroatoms. The Hall–Kier alpha value is -3.09. The van der Waals surface area contributed by atoms with Crippen molar-refractivity contribution in [3.8, 4) is 11.5 Å². The van der Waals surface area contributed by atoms with Crippen molar-refractivity contribution in [2.75, 3.05) is 14.2 Å². The molecule has 0 aliphatic heterocycles. The van der Waals surface area contributed by atoms with Crippen molar-refractivity contribution in [2.24, 2.45) is 0 Å². The van der Waals surface area contributed by atoms with Gasteiger partial charge in [0, 0.05) is 36.5 Å². The summed E-state index contributed by atoms with van der Waals surface area (Å²) in [5.41, 5.74) is 5.73. The van der Waals surface area contributed by atoms with Gasteiger partial charge >= 0.3 is 0 Å². The van der Waals surface area contributed by atoms with Crippen LogP contribution in [0.4, 0.5) is 0 Å². The maximum Gasteiger partial charge on any atom is 0.220 e. The number of nitrogens with one attached hydrogen (secondary N) is 1. The Morgan fingerprint density at radius 3 is 2.39 bits per heavy atom. The minimum absolute atomic E-state index is 0.0164. The van der Waals surface area contributed by atoms with Crippen LogP contribution in [0, 0.1) is 20.8 Å². The van der Waals surface area contributed by atoms with Crippen LogP contribution in [-0.2, 0) is 17.8 Å². The lowest BCUT2D eigenvalue weighted by atomic mass is 10.1. The molecule has 28 heavy (non-hydrogen) atoms. The number of fused-ring (bicyclic) bond motifs is 1. The number of amides is 1. The zero-order valence-corrected chi connectivity index (χ0v) is 17.0. The van der Waals surface area contributed by atoms with Crippen LogP contribution in [0.15, 0.2) is 24.3 Å². The average Bonchev–Trinajstić information content (AvgIpc) is 3.06. The molecule has 1 N–H and O–H groups in total. The second kappa shape index (κ2) is 8.29. The lowest BCUT2D eigenvalue weighted by molar-refractivity contribution is -0.121.